The number of carbonyl (C=O) groups is 2. The Labute approximate surface area is 115 Å². The zero-order valence-electron chi connectivity index (χ0n) is 12.5. The van der Waals surface area contributed by atoms with Crippen LogP contribution in [0.4, 0.5) is 0 Å². The Morgan fingerprint density at radius 3 is 2.47 bits per heavy atom. The highest BCUT2D eigenvalue weighted by Crippen LogP contribution is 2.18. The zero-order chi connectivity index (χ0) is 14.5. The average Bonchev–Trinajstić information content (AvgIpc) is 2.36. The Hall–Kier alpha value is -1.10. The molecule has 5 nitrogen and oxygen atoms in total. The van der Waals surface area contributed by atoms with Crippen LogP contribution in [0.2, 0.25) is 0 Å². The van der Waals surface area contributed by atoms with E-state index >= 15 is 0 Å². The van der Waals surface area contributed by atoms with E-state index in [1.54, 1.807) is 6.92 Å². The minimum Gasteiger partial charge on any atom is -0.354 e. The molecule has 2 unspecified atom stereocenters. The van der Waals surface area contributed by atoms with Gasteiger partial charge in [-0.2, -0.15) is 0 Å². The number of piperidine rings is 1. The molecule has 0 bridgehead atoms. The lowest BCUT2D eigenvalue weighted by Gasteiger charge is -2.34. The van der Waals surface area contributed by atoms with Crippen LogP contribution in [-0.2, 0) is 9.59 Å². The molecule has 1 heterocycles. The van der Waals surface area contributed by atoms with E-state index in [9.17, 15) is 9.59 Å². The first kappa shape index (κ1) is 16.0. The maximum Gasteiger partial charge on any atom is 0.242 e. The molecule has 5 heteroatoms. The van der Waals surface area contributed by atoms with Crippen molar-refractivity contribution < 1.29 is 9.59 Å². The van der Waals surface area contributed by atoms with E-state index in [0.717, 1.165) is 25.8 Å². The van der Waals surface area contributed by atoms with Crippen LogP contribution in [-0.4, -0.2) is 36.5 Å². The molecule has 110 valence electrons. The summed E-state index contributed by atoms with van der Waals surface area (Å²) >= 11 is 0. The van der Waals surface area contributed by atoms with Crippen LogP contribution in [0, 0.1) is 5.92 Å². The second kappa shape index (κ2) is 6.89. The maximum absolute atomic E-state index is 12.2. The normalized spacial score (nSPS) is 24.9. The monoisotopic (exact) mass is 269 g/mol. The van der Waals surface area contributed by atoms with Gasteiger partial charge >= 0.3 is 0 Å². The molecule has 2 atom stereocenters. The van der Waals surface area contributed by atoms with Crippen LogP contribution in [0.1, 0.15) is 47.0 Å². The fourth-order valence-electron chi connectivity index (χ4n) is 2.13. The van der Waals surface area contributed by atoms with Crippen molar-refractivity contribution in [2.45, 2.75) is 58.5 Å². The summed E-state index contributed by atoms with van der Waals surface area (Å²) in [4.78, 5) is 24.0. The molecule has 3 N–H and O–H groups in total. The van der Waals surface area contributed by atoms with Crippen LogP contribution in [0.3, 0.4) is 0 Å². The summed E-state index contributed by atoms with van der Waals surface area (Å²) in [5.74, 6) is 0.199. The van der Waals surface area contributed by atoms with Gasteiger partial charge in [0.05, 0.1) is 5.54 Å². The first-order valence-corrected chi connectivity index (χ1v) is 7.19. The molecule has 1 rings (SSSR count). The van der Waals surface area contributed by atoms with E-state index in [4.69, 9.17) is 0 Å². The Kier molecular flexibility index (Phi) is 5.79. The molecule has 2 amide bonds. The van der Waals surface area contributed by atoms with Crippen molar-refractivity contribution in [3.05, 3.63) is 0 Å². The summed E-state index contributed by atoms with van der Waals surface area (Å²) < 4.78 is 0. The van der Waals surface area contributed by atoms with E-state index in [0.29, 0.717) is 12.5 Å². The van der Waals surface area contributed by atoms with Crippen molar-refractivity contribution >= 4 is 11.8 Å². The van der Waals surface area contributed by atoms with Gasteiger partial charge in [0.25, 0.3) is 0 Å². The molecule has 0 saturated carbocycles. The van der Waals surface area contributed by atoms with Gasteiger partial charge in [-0.1, -0.05) is 13.8 Å². The fourth-order valence-corrected chi connectivity index (χ4v) is 2.13. The van der Waals surface area contributed by atoms with Crippen LogP contribution < -0.4 is 16.0 Å². The van der Waals surface area contributed by atoms with E-state index < -0.39 is 11.6 Å². The summed E-state index contributed by atoms with van der Waals surface area (Å²) in [5.41, 5.74) is -0.537. The number of amides is 2. The Morgan fingerprint density at radius 1 is 1.26 bits per heavy atom. The highest BCUT2D eigenvalue weighted by atomic mass is 16.2. The standard InChI is InChI=1S/C14H27N3O2/c1-10(2)9-15-12(18)11(3)17-13(19)14(4)7-5-6-8-16-14/h10-11,16H,5-9H2,1-4H3,(H,15,18)(H,17,19). The summed E-state index contributed by atoms with van der Waals surface area (Å²) in [6.07, 6.45) is 2.97. The third-order valence-electron chi connectivity index (χ3n) is 3.55. The first-order chi connectivity index (χ1) is 8.85. The summed E-state index contributed by atoms with van der Waals surface area (Å²) in [6, 6.07) is -0.494. The van der Waals surface area contributed by atoms with E-state index in [1.165, 1.54) is 0 Å². The smallest absolute Gasteiger partial charge is 0.242 e. The second-order valence-corrected chi connectivity index (χ2v) is 6.05. The topological polar surface area (TPSA) is 70.2 Å². The quantitative estimate of drug-likeness (QED) is 0.691. The number of hydrogen-bond donors (Lipinski definition) is 3. The molecule has 1 aliphatic rings. The molecule has 1 aliphatic heterocycles. The lowest BCUT2D eigenvalue weighted by atomic mass is 9.90. The molecule has 0 radical (unpaired) electrons. The van der Waals surface area contributed by atoms with E-state index in [-0.39, 0.29) is 11.8 Å². The van der Waals surface area contributed by atoms with Gasteiger partial charge in [-0.3, -0.25) is 9.59 Å². The van der Waals surface area contributed by atoms with Crippen molar-refractivity contribution in [1.29, 1.82) is 0 Å². The SMILES string of the molecule is CC(C)CNC(=O)C(C)NC(=O)C1(C)CCCCN1. The molecular weight excluding hydrogens is 242 g/mol. The Bertz CT molecular complexity index is 323. The molecule has 0 aromatic carbocycles. The number of hydrogen-bond acceptors (Lipinski definition) is 3. The molecule has 1 saturated heterocycles. The third-order valence-corrected chi connectivity index (χ3v) is 3.55. The van der Waals surface area contributed by atoms with Gasteiger partial charge in [-0.05, 0) is 45.6 Å². The zero-order valence-corrected chi connectivity index (χ0v) is 12.5. The summed E-state index contributed by atoms with van der Waals surface area (Å²) in [5, 5.41) is 8.87. The summed E-state index contributed by atoms with van der Waals surface area (Å²) in [6.45, 7) is 9.19. The maximum atomic E-state index is 12.2. The minimum atomic E-state index is -0.537. The number of nitrogens with one attached hydrogen (secondary N) is 3. The number of carbonyl (C=O) groups excluding carboxylic acids is 2. The van der Waals surface area contributed by atoms with Crippen LogP contribution >= 0.6 is 0 Å². The molecule has 0 aromatic rings. The van der Waals surface area contributed by atoms with Gasteiger partial charge in [-0.15, -0.1) is 0 Å². The van der Waals surface area contributed by atoms with Crippen molar-refractivity contribution in [1.82, 2.24) is 16.0 Å². The summed E-state index contributed by atoms with van der Waals surface area (Å²) in [7, 11) is 0. The van der Waals surface area contributed by atoms with Gasteiger partial charge in [0.1, 0.15) is 6.04 Å². The van der Waals surface area contributed by atoms with Gasteiger partial charge in [0.15, 0.2) is 0 Å². The van der Waals surface area contributed by atoms with Crippen molar-refractivity contribution in [2.75, 3.05) is 13.1 Å². The average molecular weight is 269 g/mol. The van der Waals surface area contributed by atoms with Crippen molar-refractivity contribution in [3.8, 4) is 0 Å². The van der Waals surface area contributed by atoms with E-state index in [1.807, 2.05) is 20.8 Å². The minimum absolute atomic E-state index is 0.0839. The predicted octanol–water partition coefficient (Wildman–Crippen LogP) is 0.796. The van der Waals surface area contributed by atoms with Crippen molar-refractivity contribution in [3.63, 3.8) is 0 Å². The van der Waals surface area contributed by atoms with Gasteiger partial charge in [-0.25, -0.2) is 0 Å². The third kappa shape index (κ3) is 4.82. The predicted molar refractivity (Wildman–Crippen MR) is 75.7 cm³/mol. The largest absolute Gasteiger partial charge is 0.354 e. The molecule has 0 aliphatic carbocycles. The van der Waals surface area contributed by atoms with Gasteiger partial charge in [0, 0.05) is 6.54 Å². The molecule has 0 aromatic heterocycles. The number of rotatable bonds is 5. The van der Waals surface area contributed by atoms with Gasteiger partial charge in [0.2, 0.25) is 11.8 Å². The molecule has 1 fully saturated rings. The van der Waals surface area contributed by atoms with E-state index in [2.05, 4.69) is 16.0 Å². The highest BCUT2D eigenvalue weighted by Gasteiger charge is 2.35. The van der Waals surface area contributed by atoms with Crippen LogP contribution in [0.5, 0.6) is 0 Å². The Morgan fingerprint density at radius 2 is 1.95 bits per heavy atom. The molecular formula is C14H27N3O2. The highest BCUT2D eigenvalue weighted by molar-refractivity contribution is 5.91. The lowest BCUT2D eigenvalue weighted by Crippen LogP contribution is -2.60. The molecule has 0 spiro atoms. The lowest BCUT2D eigenvalue weighted by molar-refractivity contribution is -0.132. The fraction of sp³-hybridized carbons (Fsp3) is 0.857. The molecule has 19 heavy (non-hydrogen) atoms. The van der Waals surface area contributed by atoms with Crippen LogP contribution in [0.15, 0.2) is 0 Å². The Balaban J connectivity index is 2.44. The van der Waals surface area contributed by atoms with Crippen LogP contribution in [0.25, 0.3) is 0 Å². The van der Waals surface area contributed by atoms with Crippen molar-refractivity contribution in [2.24, 2.45) is 5.92 Å². The first-order valence-electron chi connectivity index (χ1n) is 7.19. The second-order valence-electron chi connectivity index (χ2n) is 6.05. The van der Waals surface area contributed by atoms with Gasteiger partial charge < -0.3 is 16.0 Å².